The largest absolute Gasteiger partial charge is 0.332 e. The number of nitrogens with zero attached hydrogens (tertiary/aromatic N) is 5. The fourth-order valence-electron chi connectivity index (χ4n) is 2.16. The molecule has 6 heteroatoms. The number of aromatic nitrogens is 4. The first-order valence-corrected chi connectivity index (χ1v) is 6.91. The van der Waals surface area contributed by atoms with Crippen LogP contribution in [-0.2, 0) is 0 Å². The maximum Gasteiger partial charge on any atom is 0.274 e. The van der Waals surface area contributed by atoms with Gasteiger partial charge in [0.25, 0.3) is 5.91 Å². The highest BCUT2D eigenvalue weighted by Gasteiger charge is 2.21. The molecule has 1 aromatic carbocycles. The average molecular weight is 293 g/mol. The average Bonchev–Trinajstić information content (AvgIpc) is 2.60. The van der Waals surface area contributed by atoms with Gasteiger partial charge in [0.15, 0.2) is 0 Å². The fraction of sp³-hybridized carbons (Fsp3) is 0.188. The highest BCUT2D eigenvalue weighted by Crippen LogP contribution is 2.18. The van der Waals surface area contributed by atoms with Crippen molar-refractivity contribution in [1.82, 2.24) is 24.8 Å². The van der Waals surface area contributed by atoms with Gasteiger partial charge in [0, 0.05) is 13.2 Å². The number of hydrogen-bond donors (Lipinski definition) is 0. The van der Waals surface area contributed by atoms with Gasteiger partial charge in [-0.2, -0.15) is 0 Å². The maximum atomic E-state index is 12.6. The second-order valence-electron chi connectivity index (χ2n) is 4.97. The molecule has 0 N–H and O–H groups in total. The molecule has 0 fully saturated rings. The molecule has 22 heavy (non-hydrogen) atoms. The summed E-state index contributed by atoms with van der Waals surface area (Å²) in [5, 5.41) is 0. The molecule has 3 aromatic rings. The van der Waals surface area contributed by atoms with Gasteiger partial charge in [0.2, 0.25) is 0 Å². The summed E-state index contributed by atoms with van der Waals surface area (Å²) in [6.45, 7) is 1.91. The highest BCUT2D eigenvalue weighted by molar-refractivity contribution is 5.93. The summed E-state index contributed by atoms with van der Waals surface area (Å²) >= 11 is 0. The van der Waals surface area contributed by atoms with Crippen molar-refractivity contribution in [1.29, 1.82) is 0 Å². The van der Waals surface area contributed by atoms with Crippen molar-refractivity contribution in [3.8, 4) is 0 Å². The molecule has 0 bridgehead atoms. The molecule has 0 unspecified atom stereocenters. The van der Waals surface area contributed by atoms with Crippen molar-refractivity contribution in [3.05, 3.63) is 60.4 Å². The topological polar surface area (TPSA) is 71.9 Å². The Hall–Kier alpha value is -2.89. The van der Waals surface area contributed by atoms with Gasteiger partial charge in [0.1, 0.15) is 12.0 Å². The van der Waals surface area contributed by atoms with Gasteiger partial charge < -0.3 is 4.90 Å². The Bertz CT molecular complexity index is 806. The zero-order valence-corrected chi connectivity index (χ0v) is 12.3. The molecular formula is C16H15N5O. The van der Waals surface area contributed by atoms with E-state index in [0.29, 0.717) is 11.2 Å². The first-order chi connectivity index (χ1) is 10.7. The first kappa shape index (κ1) is 14.1. The summed E-state index contributed by atoms with van der Waals surface area (Å²) in [6.07, 6.45) is 4.64. The predicted octanol–water partition coefficient (Wildman–Crippen LogP) is 2.25. The van der Waals surface area contributed by atoms with Gasteiger partial charge in [-0.15, -0.1) is 0 Å². The van der Waals surface area contributed by atoms with E-state index >= 15 is 0 Å². The van der Waals surface area contributed by atoms with E-state index in [1.807, 2.05) is 31.2 Å². The lowest BCUT2D eigenvalue weighted by molar-refractivity contribution is 0.0733. The SMILES string of the molecule is C[C@@H](c1ccncn1)N(C)C(=O)c1cnc2ccccc2n1. The quantitative estimate of drug-likeness (QED) is 0.740. The number of fused-ring (bicyclic) bond motifs is 1. The molecule has 0 radical (unpaired) electrons. The highest BCUT2D eigenvalue weighted by atomic mass is 16.2. The zero-order chi connectivity index (χ0) is 15.5. The van der Waals surface area contributed by atoms with E-state index in [1.165, 1.54) is 12.5 Å². The van der Waals surface area contributed by atoms with Crippen LogP contribution >= 0.6 is 0 Å². The lowest BCUT2D eigenvalue weighted by Gasteiger charge is -2.23. The maximum absolute atomic E-state index is 12.6. The fourth-order valence-corrected chi connectivity index (χ4v) is 2.16. The van der Waals surface area contributed by atoms with Gasteiger partial charge in [-0.25, -0.2) is 15.0 Å². The second-order valence-corrected chi connectivity index (χ2v) is 4.97. The summed E-state index contributed by atoms with van der Waals surface area (Å²) in [7, 11) is 1.73. The monoisotopic (exact) mass is 293 g/mol. The first-order valence-electron chi connectivity index (χ1n) is 6.91. The number of para-hydroxylation sites is 2. The van der Waals surface area contributed by atoms with Crippen LogP contribution in [0.4, 0.5) is 0 Å². The molecule has 0 aliphatic heterocycles. The minimum absolute atomic E-state index is 0.177. The third kappa shape index (κ3) is 2.63. The Morgan fingerprint density at radius 1 is 1.14 bits per heavy atom. The van der Waals surface area contributed by atoms with Gasteiger partial charge in [0.05, 0.1) is 29.0 Å². The van der Waals surface area contributed by atoms with Gasteiger partial charge in [-0.05, 0) is 25.1 Å². The molecule has 2 aromatic heterocycles. The second kappa shape index (κ2) is 5.85. The van der Waals surface area contributed by atoms with E-state index in [-0.39, 0.29) is 11.9 Å². The molecule has 2 heterocycles. The minimum atomic E-state index is -0.190. The Morgan fingerprint density at radius 2 is 1.91 bits per heavy atom. The number of benzene rings is 1. The smallest absolute Gasteiger partial charge is 0.274 e. The molecule has 0 spiro atoms. The summed E-state index contributed by atoms with van der Waals surface area (Å²) in [4.78, 5) is 30.9. The molecule has 0 saturated heterocycles. The van der Waals surface area contributed by atoms with Crippen LogP contribution < -0.4 is 0 Å². The van der Waals surface area contributed by atoms with Crippen molar-refractivity contribution < 1.29 is 4.79 Å². The molecule has 1 atom stereocenters. The lowest BCUT2D eigenvalue weighted by atomic mass is 10.2. The Kier molecular flexibility index (Phi) is 3.74. The third-order valence-electron chi connectivity index (χ3n) is 3.60. The van der Waals surface area contributed by atoms with Crippen molar-refractivity contribution in [2.75, 3.05) is 7.05 Å². The van der Waals surface area contributed by atoms with Crippen molar-refractivity contribution in [2.45, 2.75) is 13.0 Å². The van der Waals surface area contributed by atoms with Crippen molar-refractivity contribution >= 4 is 16.9 Å². The molecule has 0 aliphatic carbocycles. The molecule has 0 aliphatic rings. The molecule has 6 nitrogen and oxygen atoms in total. The zero-order valence-electron chi connectivity index (χ0n) is 12.3. The summed E-state index contributed by atoms with van der Waals surface area (Å²) in [5.41, 5.74) is 2.57. The van der Waals surface area contributed by atoms with E-state index in [4.69, 9.17) is 0 Å². The van der Waals surface area contributed by atoms with Crippen molar-refractivity contribution in [3.63, 3.8) is 0 Å². The molecule has 110 valence electrons. The molecular weight excluding hydrogens is 278 g/mol. The predicted molar refractivity (Wildman–Crippen MR) is 82.1 cm³/mol. The van der Waals surface area contributed by atoms with Gasteiger partial charge in [-0.3, -0.25) is 9.78 Å². The van der Waals surface area contributed by atoms with Gasteiger partial charge in [-0.1, -0.05) is 12.1 Å². The number of carbonyl (C=O) groups is 1. The molecule has 0 saturated carbocycles. The van der Waals surface area contributed by atoms with Crippen molar-refractivity contribution in [2.24, 2.45) is 0 Å². The number of amides is 1. The van der Waals surface area contributed by atoms with Crippen LogP contribution in [0, 0.1) is 0 Å². The minimum Gasteiger partial charge on any atom is -0.332 e. The summed E-state index contributed by atoms with van der Waals surface area (Å²) in [5.74, 6) is -0.190. The Labute approximate surface area is 127 Å². The molecule has 3 rings (SSSR count). The summed E-state index contributed by atoms with van der Waals surface area (Å²) in [6, 6.07) is 9.08. The number of hydrogen-bond acceptors (Lipinski definition) is 5. The van der Waals surface area contributed by atoms with Gasteiger partial charge >= 0.3 is 0 Å². The van der Waals surface area contributed by atoms with Crippen LogP contribution in [0.15, 0.2) is 49.1 Å². The lowest BCUT2D eigenvalue weighted by Crippen LogP contribution is -2.30. The van der Waals surface area contributed by atoms with Crippen LogP contribution in [0.25, 0.3) is 11.0 Å². The standard InChI is InChI=1S/C16H15N5O/c1-11(12-7-8-17-10-19-12)21(2)16(22)15-9-18-13-5-3-4-6-14(13)20-15/h3-11H,1-2H3/t11-/m0/s1. The van der Waals surface area contributed by atoms with E-state index in [0.717, 1.165) is 11.2 Å². The van der Waals surface area contributed by atoms with Crippen LogP contribution in [0.5, 0.6) is 0 Å². The van der Waals surface area contributed by atoms with E-state index in [9.17, 15) is 4.79 Å². The van der Waals surface area contributed by atoms with E-state index in [2.05, 4.69) is 19.9 Å². The van der Waals surface area contributed by atoms with E-state index in [1.54, 1.807) is 24.2 Å². The van der Waals surface area contributed by atoms with Crippen LogP contribution in [0.1, 0.15) is 29.1 Å². The Morgan fingerprint density at radius 3 is 2.64 bits per heavy atom. The van der Waals surface area contributed by atoms with Crippen LogP contribution in [-0.4, -0.2) is 37.8 Å². The van der Waals surface area contributed by atoms with Crippen LogP contribution in [0.2, 0.25) is 0 Å². The third-order valence-corrected chi connectivity index (χ3v) is 3.60. The normalized spacial score (nSPS) is 12.1. The van der Waals surface area contributed by atoms with Crippen LogP contribution in [0.3, 0.4) is 0 Å². The summed E-state index contributed by atoms with van der Waals surface area (Å²) < 4.78 is 0. The number of carbonyl (C=O) groups excluding carboxylic acids is 1. The molecule has 1 amide bonds. The Balaban J connectivity index is 1.88. The number of rotatable bonds is 3. The van der Waals surface area contributed by atoms with E-state index < -0.39 is 0 Å².